The fraction of sp³-hybridized carbons (Fsp3) is 0.600. The van der Waals surface area contributed by atoms with Gasteiger partial charge in [-0.2, -0.15) is 0 Å². The van der Waals surface area contributed by atoms with Gasteiger partial charge in [0.25, 0.3) is 0 Å². The third-order valence-corrected chi connectivity index (χ3v) is 4.31. The third-order valence-electron chi connectivity index (χ3n) is 4.31. The Hall–Kier alpha value is -2.24. The molecule has 144 valence electrons. The molecule has 1 aliphatic rings. The highest BCUT2D eigenvalue weighted by Gasteiger charge is 2.38. The Kier molecular flexibility index (Phi) is 5.54. The van der Waals surface area contributed by atoms with Crippen LogP contribution >= 0.6 is 0 Å². The van der Waals surface area contributed by atoms with Gasteiger partial charge in [0.05, 0.1) is 12.3 Å². The van der Waals surface area contributed by atoms with Crippen LogP contribution in [0, 0.1) is 0 Å². The number of ether oxygens (including phenoxy) is 2. The summed E-state index contributed by atoms with van der Waals surface area (Å²) in [6, 6.07) is 5.81. The van der Waals surface area contributed by atoms with Gasteiger partial charge in [0, 0.05) is 25.6 Å². The second-order valence-corrected chi connectivity index (χ2v) is 8.29. The van der Waals surface area contributed by atoms with Gasteiger partial charge < -0.3 is 14.4 Å². The van der Waals surface area contributed by atoms with Crippen molar-refractivity contribution >= 4 is 17.9 Å². The summed E-state index contributed by atoms with van der Waals surface area (Å²) in [6.45, 7) is 12.8. The fourth-order valence-electron chi connectivity index (χ4n) is 3.37. The van der Waals surface area contributed by atoms with Crippen molar-refractivity contribution in [1.82, 2.24) is 4.90 Å². The first-order chi connectivity index (χ1) is 12.0. The van der Waals surface area contributed by atoms with Gasteiger partial charge in [0.1, 0.15) is 5.60 Å². The van der Waals surface area contributed by atoms with Crippen LogP contribution in [0.3, 0.4) is 0 Å². The Morgan fingerprint density at radius 1 is 1.27 bits per heavy atom. The number of carbonyl (C=O) groups excluding carboxylic acids is 2. The lowest BCUT2D eigenvalue weighted by Crippen LogP contribution is -2.47. The molecule has 0 atom stereocenters. The van der Waals surface area contributed by atoms with Crippen LogP contribution in [0.1, 0.15) is 52.7 Å². The standard InChI is InChI=1S/C20H30N2O4/c1-8-25-17(23)21(7)15-11-9-10-14-12-22(13-20(5,6)16(14)15)18(24)26-19(2,3)4/h9-11H,8,12-13H2,1-7H3. The van der Waals surface area contributed by atoms with Gasteiger partial charge in [-0.05, 0) is 44.9 Å². The highest BCUT2D eigenvalue weighted by molar-refractivity contribution is 5.89. The summed E-state index contributed by atoms with van der Waals surface area (Å²) in [5.74, 6) is 0. The van der Waals surface area contributed by atoms with Gasteiger partial charge in [-0.15, -0.1) is 0 Å². The van der Waals surface area contributed by atoms with Crippen LogP contribution in [0.4, 0.5) is 15.3 Å². The molecule has 0 saturated heterocycles. The quantitative estimate of drug-likeness (QED) is 0.787. The normalized spacial score (nSPS) is 15.9. The van der Waals surface area contributed by atoms with Crippen molar-refractivity contribution in [3.63, 3.8) is 0 Å². The fourth-order valence-corrected chi connectivity index (χ4v) is 3.37. The monoisotopic (exact) mass is 362 g/mol. The van der Waals surface area contributed by atoms with Crippen molar-refractivity contribution in [2.24, 2.45) is 0 Å². The summed E-state index contributed by atoms with van der Waals surface area (Å²) < 4.78 is 10.7. The molecular formula is C20H30N2O4. The zero-order valence-corrected chi connectivity index (χ0v) is 16.9. The van der Waals surface area contributed by atoms with Crippen molar-refractivity contribution < 1.29 is 19.1 Å². The number of carbonyl (C=O) groups is 2. The van der Waals surface area contributed by atoms with Gasteiger partial charge in [0.2, 0.25) is 0 Å². The molecule has 0 fully saturated rings. The third kappa shape index (κ3) is 4.29. The molecule has 2 rings (SSSR count). The van der Waals surface area contributed by atoms with Crippen molar-refractivity contribution in [1.29, 1.82) is 0 Å². The van der Waals surface area contributed by atoms with Crippen LogP contribution < -0.4 is 4.90 Å². The van der Waals surface area contributed by atoms with Crippen LogP contribution in [0.5, 0.6) is 0 Å². The Morgan fingerprint density at radius 3 is 2.50 bits per heavy atom. The summed E-state index contributed by atoms with van der Waals surface area (Å²) in [7, 11) is 1.71. The highest BCUT2D eigenvalue weighted by atomic mass is 16.6. The Labute approximate surface area is 156 Å². The maximum atomic E-state index is 12.5. The minimum atomic E-state index is -0.534. The molecule has 0 unspecified atom stereocenters. The van der Waals surface area contributed by atoms with Crippen molar-refractivity contribution in [3.8, 4) is 0 Å². The first-order valence-electron chi connectivity index (χ1n) is 8.97. The van der Waals surface area contributed by atoms with Crippen molar-refractivity contribution in [2.45, 2.75) is 59.1 Å². The van der Waals surface area contributed by atoms with Crippen LogP contribution in [0.2, 0.25) is 0 Å². The molecule has 6 nitrogen and oxygen atoms in total. The minimum Gasteiger partial charge on any atom is -0.449 e. The molecular weight excluding hydrogens is 332 g/mol. The van der Waals surface area contributed by atoms with Crippen molar-refractivity contribution in [2.75, 3.05) is 25.1 Å². The van der Waals surface area contributed by atoms with Crippen LogP contribution in [0.15, 0.2) is 18.2 Å². The summed E-state index contributed by atoms with van der Waals surface area (Å²) >= 11 is 0. The number of benzene rings is 1. The van der Waals surface area contributed by atoms with Crippen LogP contribution in [-0.4, -0.2) is 42.9 Å². The van der Waals surface area contributed by atoms with E-state index in [0.29, 0.717) is 19.7 Å². The molecule has 0 N–H and O–H groups in total. The molecule has 0 saturated carbocycles. The SMILES string of the molecule is CCOC(=O)N(C)c1cccc2c1C(C)(C)CN(C(=O)OC(C)(C)C)C2. The zero-order valence-electron chi connectivity index (χ0n) is 16.9. The molecule has 26 heavy (non-hydrogen) atoms. The molecule has 0 aliphatic carbocycles. The van der Waals surface area contributed by atoms with Crippen LogP contribution in [0.25, 0.3) is 0 Å². The summed E-state index contributed by atoms with van der Waals surface area (Å²) in [6.07, 6.45) is -0.702. The molecule has 0 spiro atoms. The lowest BCUT2D eigenvalue weighted by molar-refractivity contribution is 0.0174. The van der Waals surface area contributed by atoms with E-state index in [1.807, 2.05) is 39.0 Å². The smallest absolute Gasteiger partial charge is 0.414 e. The molecule has 1 aromatic rings. The van der Waals surface area contributed by atoms with E-state index in [9.17, 15) is 9.59 Å². The predicted octanol–water partition coefficient (Wildman–Crippen LogP) is 4.31. The molecule has 1 aliphatic heterocycles. The average Bonchev–Trinajstić information content (AvgIpc) is 2.51. The largest absolute Gasteiger partial charge is 0.449 e. The minimum absolute atomic E-state index is 0.319. The van der Waals surface area contributed by atoms with E-state index in [-0.39, 0.29) is 17.6 Å². The number of rotatable bonds is 2. The van der Waals surface area contributed by atoms with Gasteiger partial charge in [-0.25, -0.2) is 9.59 Å². The molecule has 0 bridgehead atoms. The van der Waals surface area contributed by atoms with E-state index in [1.54, 1.807) is 18.9 Å². The molecule has 0 aromatic heterocycles. The van der Waals surface area contributed by atoms with Gasteiger partial charge in [-0.1, -0.05) is 26.0 Å². The van der Waals surface area contributed by atoms with Crippen LogP contribution in [-0.2, 0) is 21.4 Å². The van der Waals surface area contributed by atoms with E-state index in [2.05, 4.69) is 13.8 Å². The Morgan fingerprint density at radius 2 is 1.92 bits per heavy atom. The number of hydrogen-bond acceptors (Lipinski definition) is 4. The first-order valence-corrected chi connectivity index (χ1v) is 8.97. The molecule has 2 amide bonds. The average molecular weight is 362 g/mol. The molecule has 1 heterocycles. The molecule has 0 radical (unpaired) electrons. The Balaban J connectivity index is 2.37. The summed E-state index contributed by atoms with van der Waals surface area (Å²) in [4.78, 5) is 28.0. The van der Waals surface area contributed by atoms with E-state index >= 15 is 0 Å². The zero-order chi connectivity index (χ0) is 19.7. The van der Waals surface area contributed by atoms with Gasteiger partial charge >= 0.3 is 12.2 Å². The second kappa shape index (κ2) is 7.17. The maximum Gasteiger partial charge on any atom is 0.414 e. The lowest BCUT2D eigenvalue weighted by Gasteiger charge is -2.42. The van der Waals surface area contributed by atoms with Gasteiger partial charge in [0.15, 0.2) is 0 Å². The van der Waals surface area contributed by atoms with Gasteiger partial charge in [-0.3, -0.25) is 4.90 Å². The number of fused-ring (bicyclic) bond motifs is 1. The molecule has 6 heteroatoms. The predicted molar refractivity (Wildman–Crippen MR) is 102 cm³/mol. The van der Waals surface area contributed by atoms with E-state index in [0.717, 1.165) is 16.8 Å². The number of anilines is 1. The molecule has 1 aromatic carbocycles. The van der Waals surface area contributed by atoms with E-state index in [1.165, 1.54) is 4.90 Å². The summed E-state index contributed by atoms with van der Waals surface area (Å²) in [5, 5.41) is 0. The van der Waals surface area contributed by atoms with E-state index in [4.69, 9.17) is 9.47 Å². The van der Waals surface area contributed by atoms with Crippen molar-refractivity contribution in [3.05, 3.63) is 29.3 Å². The number of hydrogen-bond donors (Lipinski definition) is 0. The first kappa shape index (κ1) is 20.1. The number of nitrogens with zero attached hydrogens (tertiary/aromatic N) is 2. The summed E-state index contributed by atoms with van der Waals surface area (Å²) in [5.41, 5.74) is 2.03. The second-order valence-electron chi connectivity index (χ2n) is 8.29. The number of amides is 2. The Bertz CT molecular complexity index is 692. The topological polar surface area (TPSA) is 59.1 Å². The maximum absolute atomic E-state index is 12.5. The van der Waals surface area contributed by atoms with E-state index < -0.39 is 5.60 Å². The highest BCUT2D eigenvalue weighted by Crippen LogP contribution is 2.40. The lowest BCUT2D eigenvalue weighted by atomic mass is 9.77.